The number of hydrogen-bond acceptors (Lipinski definition) is 6. The topological polar surface area (TPSA) is 96.0 Å². The number of nitrogens with one attached hydrogen (secondary N) is 1. The minimum atomic E-state index is -0.710. The average molecular weight is 343 g/mol. The summed E-state index contributed by atoms with van der Waals surface area (Å²) in [6.45, 7) is 4.65. The lowest BCUT2D eigenvalue weighted by molar-refractivity contribution is -0.197. The number of piperidine rings is 1. The number of carbonyl (C=O) groups excluding carboxylic acids is 4. The molecular formula is C16H25N3O5. The van der Waals surface area contributed by atoms with Gasteiger partial charge in [0.25, 0.3) is 11.8 Å². The number of rotatable bonds is 6. The van der Waals surface area contributed by atoms with E-state index in [-0.39, 0.29) is 31.7 Å². The number of hydrogen-bond donors (Lipinski definition) is 1. The fraction of sp³-hybridized carbons (Fsp3) is 0.750. The molecule has 0 unspecified atom stereocenters. The number of amides is 3. The van der Waals surface area contributed by atoms with E-state index in [9.17, 15) is 19.2 Å². The highest BCUT2D eigenvalue weighted by Gasteiger charge is 2.32. The molecule has 2 heterocycles. The Kier molecular flexibility index (Phi) is 6.30. The normalized spacial score (nSPS) is 25.0. The number of nitrogens with zero attached hydrogens (tertiary/aromatic N) is 2. The number of carbonyl (C=O) groups is 4. The average Bonchev–Trinajstić information content (AvgIpc) is 2.83. The number of hydroxylamine groups is 2. The Morgan fingerprint density at radius 2 is 1.71 bits per heavy atom. The molecular weight excluding hydrogens is 318 g/mol. The number of likely N-dealkylation sites (tertiary alicyclic amines) is 1. The van der Waals surface area contributed by atoms with Crippen molar-refractivity contribution in [2.75, 3.05) is 13.1 Å². The van der Waals surface area contributed by atoms with E-state index in [4.69, 9.17) is 4.84 Å². The van der Waals surface area contributed by atoms with Crippen molar-refractivity contribution in [2.45, 2.75) is 64.5 Å². The van der Waals surface area contributed by atoms with Crippen molar-refractivity contribution < 1.29 is 24.0 Å². The highest BCUT2D eigenvalue weighted by molar-refractivity contribution is 6.01. The van der Waals surface area contributed by atoms with Crippen LogP contribution >= 0.6 is 0 Å². The second-order valence-electron chi connectivity index (χ2n) is 6.45. The van der Waals surface area contributed by atoms with Crippen molar-refractivity contribution in [2.24, 2.45) is 0 Å². The summed E-state index contributed by atoms with van der Waals surface area (Å²) in [6, 6.07) is 0.744. The Morgan fingerprint density at radius 3 is 2.29 bits per heavy atom. The van der Waals surface area contributed by atoms with Gasteiger partial charge < -0.3 is 10.2 Å². The van der Waals surface area contributed by atoms with Crippen LogP contribution < -0.4 is 5.32 Å². The van der Waals surface area contributed by atoms with E-state index < -0.39 is 17.8 Å². The van der Waals surface area contributed by atoms with Crippen molar-refractivity contribution in [1.82, 2.24) is 15.3 Å². The summed E-state index contributed by atoms with van der Waals surface area (Å²) in [6.07, 6.45) is 3.39. The molecule has 2 aliphatic rings. The van der Waals surface area contributed by atoms with E-state index in [0.717, 1.165) is 12.8 Å². The molecule has 2 fully saturated rings. The van der Waals surface area contributed by atoms with Crippen LogP contribution in [-0.2, 0) is 24.0 Å². The monoisotopic (exact) mass is 343 g/mol. The third kappa shape index (κ3) is 4.77. The zero-order valence-corrected chi connectivity index (χ0v) is 14.2. The summed E-state index contributed by atoms with van der Waals surface area (Å²) in [7, 11) is 0. The van der Waals surface area contributed by atoms with Crippen LogP contribution in [0.25, 0.3) is 0 Å². The zero-order chi connectivity index (χ0) is 17.7. The Labute approximate surface area is 141 Å². The van der Waals surface area contributed by atoms with E-state index in [1.165, 1.54) is 6.42 Å². The first-order valence-electron chi connectivity index (χ1n) is 8.47. The van der Waals surface area contributed by atoms with Crippen LogP contribution in [-0.4, -0.2) is 58.8 Å². The molecule has 2 atom stereocenters. The van der Waals surface area contributed by atoms with Crippen molar-refractivity contribution >= 4 is 23.7 Å². The molecule has 8 nitrogen and oxygen atoms in total. The molecule has 134 valence electrons. The largest absolute Gasteiger partial charge is 0.354 e. The Balaban J connectivity index is 1.67. The van der Waals surface area contributed by atoms with E-state index in [2.05, 4.69) is 24.1 Å². The number of imide groups is 1. The minimum Gasteiger partial charge on any atom is -0.354 e. The molecule has 2 aliphatic heterocycles. The first-order chi connectivity index (χ1) is 11.4. The van der Waals surface area contributed by atoms with Gasteiger partial charge in [0, 0.05) is 31.5 Å². The molecule has 2 rings (SSSR count). The van der Waals surface area contributed by atoms with Crippen LogP contribution in [0.5, 0.6) is 0 Å². The van der Waals surface area contributed by atoms with Gasteiger partial charge in [-0.1, -0.05) is 6.42 Å². The van der Waals surface area contributed by atoms with Gasteiger partial charge in [-0.25, -0.2) is 4.79 Å². The molecule has 0 saturated carbocycles. The maximum Gasteiger partial charge on any atom is 0.334 e. The summed E-state index contributed by atoms with van der Waals surface area (Å²) in [5.74, 6) is -1.87. The summed E-state index contributed by atoms with van der Waals surface area (Å²) in [5.41, 5.74) is 0. The lowest BCUT2D eigenvalue weighted by Crippen LogP contribution is -2.48. The van der Waals surface area contributed by atoms with Crippen LogP contribution in [0.4, 0.5) is 0 Å². The van der Waals surface area contributed by atoms with Gasteiger partial charge in [0.15, 0.2) is 0 Å². The van der Waals surface area contributed by atoms with Crippen LogP contribution in [0.1, 0.15) is 52.4 Å². The van der Waals surface area contributed by atoms with E-state index in [1.54, 1.807) is 0 Å². The molecule has 0 spiro atoms. The molecule has 0 aromatic rings. The van der Waals surface area contributed by atoms with Crippen LogP contribution in [0.2, 0.25) is 0 Å². The molecule has 8 heteroatoms. The minimum absolute atomic E-state index is 0.0645. The van der Waals surface area contributed by atoms with Crippen LogP contribution in [0, 0.1) is 0 Å². The Hall–Kier alpha value is -1.96. The van der Waals surface area contributed by atoms with E-state index in [0.29, 0.717) is 23.7 Å². The lowest BCUT2D eigenvalue weighted by atomic mass is 10.3. The van der Waals surface area contributed by atoms with E-state index >= 15 is 0 Å². The third-order valence-electron chi connectivity index (χ3n) is 4.55. The first kappa shape index (κ1) is 18.4. The standard InChI is InChI=1S/C16H25N3O5/c1-11-4-3-5-12(2)18(11)10-13(20)17-9-8-16(23)24-19-14(21)6-7-15(19)22/h11-12H,3-10H2,1-2H3,(H,17,20)/t11-,12+/i1+1,2+1,11+1,12+1. The maximum absolute atomic E-state index is 12.0. The molecule has 2 saturated heterocycles. The molecule has 0 aliphatic carbocycles. The van der Waals surface area contributed by atoms with Crippen molar-refractivity contribution in [1.29, 1.82) is 0 Å². The zero-order valence-electron chi connectivity index (χ0n) is 14.2. The maximum atomic E-state index is 12.0. The van der Waals surface area contributed by atoms with Crippen molar-refractivity contribution in [3.05, 3.63) is 0 Å². The molecule has 0 bridgehead atoms. The Bertz CT molecular complexity index is 496. The molecule has 0 aromatic carbocycles. The fourth-order valence-corrected chi connectivity index (χ4v) is 3.12. The van der Waals surface area contributed by atoms with Gasteiger partial charge in [0.2, 0.25) is 5.91 Å². The summed E-state index contributed by atoms with van der Waals surface area (Å²) in [4.78, 5) is 53.2. The van der Waals surface area contributed by atoms with Crippen molar-refractivity contribution in [3.8, 4) is 0 Å². The third-order valence-corrected chi connectivity index (χ3v) is 4.55. The SMILES string of the molecule is [13CH3][13C@@H]1CCC[13C@H]([13CH3])N1CC(=O)NCCC(=O)ON1C(=O)CCC1=O. The van der Waals surface area contributed by atoms with Crippen molar-refractivity contribution in [3.63, 3.8) is 0 Å². The van der Waals surface area contributed by atoms with Gasteiger partial charge in [0.1, 0.15) is 0 Å². The van der Waals surface area contributed by atoms with Gasteiger partial charge in [0.05, 0.1) is 13.0 Å². The van der Waals surface area contributed by atoms with E-state index in [1.807, 2.05) is 0 Å². The molecule has 1 N–H and O–H groups in total. The predicted molar refractivity (Wildman–Crippen MR) is 84.3 cm³/mol. The summed E-state index contributed by atoms with van der Waals surface area (Å²) in [5, 5.41) is 3.19. The second kappa shape index (κ2) is 8.23. The highest BCUT2D eigenvalue weighted by Crippen LogP contribution is 2.21. The highest BCUT2D eigenvalue weighted by atomic mass is 16.7. The Morgan fingerprint density at radius 1 is 1.12 bits per heavy atom. The molecule has 24 heavy (non-hydrogen) atoms. The smallest absolute Gasteiger partial charge is 0.334 e. The predicted octanol–water partition coefficient (Wildman–Crippen LogP) is 0.363. The van der Waals surface area contributed by atoms with Gasteiger partial charge in [-0.15, -0.1) is 5.06 Å². The second-order valence-corrected chi connectivity index (χ2v) is 6.45. The van der Waals surface area contributed by atoms with Gasteiger partial charge >= 0.3 is 5.97 Å². The summed E-state index contributed by atoms with van der Waals surface area (Å²) >= 11 is 0. The molecule has 3 amide bonds. The van der Waals surface area contributed by atoms with Gasteiger partial charge in [-0.05, 0) is 26.7 Å². The fourth-order valence-electron chi connectivity index (χ4n) is 3.12. The molecule has 0 aromatic heterocycles. The molecule has 0 radical (unpaired) electrons. The quantitative estimate of drug-likeness (QED) is 0.553. The van der Waals surface area contributed by atoms with Gasteiger partial charge in [-0.2, -0.15) is 0 Å². The van der Waals surface area contributed by atoms with Crippen LogP contribution in [0.15, 0.2) is 0 Å². The first-order valence-corrected chi connectivity index (χ1v) is 8.47. The van der Waals surface area contributed by atoms with Gasteiger partial charge in [-0.3, -0.25) is 19.3 Å². The summed E-state index contributed by atoms with van der Waals surface area (Å²) < 4.78 is 0. The lowest BCUT2D eigenvalue weighted by Gasteiger charge is -2.38. The van der Waals surface area contributed by atoms with Crippen LogP contribution in [0.3, 0.4) is 0 Å².